The van der Waals surface area contributed by atoms with Gasteiger partial charge < -0.3 is 14.8 Å². The first kappa shape index (κ1) is 14.3. The normalized spacial score (nSPS) is 33.5. The van der Waals surface area contributed by atoms with Crippen molar-refractivity contribution < 1.29 is 9.47 Å². The fourth-order valence-corrected chi connectivity index (χ4v) is 3.50. The smallest absolute Gasteiger partial charge is 0.0678 e. The summed E-state index contributed by atoms with van der Waals surface area (Å²) < 4.78 is 11.3. The van der Waals surface area contributed by atoms with Crippen LogP contribution in [0.15, 0.2) is 0 Å². The van der Waals surface area contributed by atoms with E-state index >= 15 is 0 Å². The lowest BCUT2D eigenvalue weighted by Gasteiger charge is -2.44. The van der Waals surface area contributed by atoms with Gasteiger partial charge in [-0.2, -0.15) is 0 Å². The summed E-state index contributed by atoms with van der Waals surface area (Å²) >= 11 is 0. The molecule has 4 nitrogen and oxygen atoms in total. The van der Waals surface area contributed by atoms with Gasteiger partial charge in [-0.3, -0.25) is 4.90 Å². The van der Waals surface area contributed by atoms with Crippen molar-refractivity contribution in [3.63, 3.8) is 0 Å². The van der Waals surface area contributed by atoms with Crippen LogP contribution in [0.2, 0.25) is 0 Å². The summed E-state index contributed by atoms with van der Waals surface area (Å²) in [6.07, 6.45) is 3.16. The second-order valence-corrected chi connectivity index (χ2v) is 6.13. The Morgan fingerprint density at radius 3 is 2.39 bits per heavy atom. The first-order valence-electron chi connectivity index (χ1n) is 7.21. The minimum atomic E-state index is 0.344. The van der Waals surface area contributed by atoms with Gasteiger partial charge in [0.15, 0.2) is 0 Å². The molecule has 18 heavy (non-hydrogen) atoms. The van der Waals surface area contributed by atoms with Gasteiger partial charge in [-0.1, -0.05) is 0 Å². The van der Waals surface area contributed by atoms with E-state index in [1.165, 1.54) is 12.8 Å². The zero-order chi connectivity index (χ0) is 13.0. The number of rotatable bonds is 4. The first-order valence-corrected chi connectivity index (χ1v) is 7.21. The zero-order valence-corrected chi connectivity index (χ0v) is 12.1. The van der Waals surface area contributed by atoms with Crippen LogP contribution in [0.5, 0.6) is 0 Å². The highest BCUT2D eigenvalue weighted by molar-refractivity contribution is 4.89. The quantitative estimate of drug-likeness (QED) is 0.817. The standard InChI is InChI=1S/C14H28N2O2/c1-12-8-16(9-13(2)18-12)10-14(11-17-3)4-6-15-7-5-14/h12-13,15H,4-11H2,1-3H3/t12-,13+. The van der Waals surface area contributed by atoms with Crippen molar-refractivity contribution in [1.82, 2.24) is 10.2 Å². The molecule has 0 aromatic rings. The molecule has 0 radical (unpaired) electrons. The molecule has 2 aliphatic rings. The predicted molar refractivity (Wildman–Crippen MR) is 72.9 cm³/mol. The van der Waals surface area contributed by atoms with Gasteiger partial charge in [-0.15, -0.1) is 0 Å². The van der Waals surface area contributed by atoms with Crippen molar-refractivity contribution in [3.05, 3.63) is 0 Å². The molecule has 2 fully saturated rings. The Morgan fingerprint density at radius 2 is 1.83 bits per heavy atom. The SMILES string of the molecule is COCC1(CN2C[C@@H](C)O[C@@H](C)C2)CCNCC1. The molecule has 0 saturated carbocycles. The third kappa shape index (κ3) is 3.67. The number of morpholine rings is 1. The molecule has 2 rings (SSSR count). The summed E-state index contributed by atoms with van der Waals surface area (Å²) in [6.45, 7) is 10.8. The fraction of sp³-hybridized carbons (Fsp3) is 1.00. The Labute approximate surface area is 111 Å². The highest BCUT2D eigenvalue weighted by atomic mass is 16.5. The van der Waals surface area contributed by atoms with Gasteiger partial charge in [-0.25, -0.2) is 0 Å². The van der Waals surface area contributed by atoms with E-state index in [0.717, 1.165) is 39.3 Å². The monoisotopic (exact) mass is 256 g/mol. The maximum atomic E-state index is 5.81. The summed E-state index contributed by atoms with van der Waals surface area (Å²) in [5, 5.41) is 3.45. The summed E-state index contributed by atoms with van der Waals surface area (Å²) in [6, 6.07) is 0. The first-order chi connectivity index (χ1) is 8.63. The second-order valence-electron chi connectivity index (χ2n) is 6.13. The molecule has 0 bridgehead atoms. The maximum Gasteiger partial charge on any atom is 0.0678 e. The van der Waals surface area contributed by atoms with Crippen LogP contribution in [-0.2, 0) is 9.47 Å². The third-order valence-electron chi connectivity index (χ3n) is 4.17. The number of methoxy groups -OCH3 is 1. The van der Waals surface area contributed by atoms with Crippen molar-refractivity contribution in [2.24, 2.45) is 5.41 Å². The van der Waals surface area contributed by atoms with Crippen LogP contribution >= 0.6 is 0 Å². The lowest BCUT2D eigenvalue weighted by atomic mass is 9.79. The predicted octanol–water partition coefficient (Wildman–Crippen LogP) is 1.11. The minimum Gasteiger partial charge on any atom is -0.384 e. The molecular weight excluding hydrogens is 228 g/mol. The van der Waals surface area contributed by atoms with Gasteiger partial charge in [-0.05, 0) is 39.8 Å². The number of nitrogens with zero attached hydrogens (tertiary/aromatic N) is 1. The average Bonchev–Trinajstić information content (AvgIpc) is 2.28. The molecule has 0 aliphatic carbocycles. The lowest BCUT2D eigenvalue weighted by Crippen LogP contribution is -2.53. The van der Waals surface area contributed by atoms with Gasteiger partial charge in [0.2, 0.25) is 0 Å². The van der Waals surface area contributed by atoms with Crippen molar-refractivity contribution in [1.29, 1.82) is 0 Å². The molecular formula is C14H28N2O2. The van der Waals surface area contributed by atoms with Crippen LogP contribution in [0, 0.1) is 5.41 Å². The van der Waals surface area contributed by atoms with E-state index in [0.29, 0.717) is 17.6 Å². The third-order valence-corrected chi connectivity index (χ3v) is 4.17. The Balaban J connectivity index is 1.95. The van der Waals surface area contributed by atoms with Crippen molar-refractivity contribution in [2.45, 2.75) is 38.9 Å². The molecule has 2 atom stereocenters. The van der Waals surface area contributed by atoms with E-state index < -0.39 is 0 Å². The van der Waals surface area contributed by atoms with E-state index in [9.17, 15) is 0 Å². The highest BCUT2D eigenvalue weighted by Crippen LogP contribution is 2.31. The van der Waals surface area contributed by atoms with Crippen LogP contribution in [0.4, 0.5) is 0 Å². The number of piperidine rings is 1. The van der Waals surface area contributed by atoms with Crippen molar-refractivity contribution >= 4 is 0 Å². The molecule has 1 N–H and O–H groups in total. The van der Waals surface area contributed by atoms with Crippen LogP contribution in [0.1, 0.15) is 26.7 Å². The Morgan fingerprint density at radius 1 is 1.22 bits per heavy atom. The van der Waals surface area contributed by atoms with Crippen molar-refractivity contribution in [2.75, 3.05) is 46.4 Å². The minimum absolute atomic E-state index is 0.344. The molecule has 2 aliphatic heterocycles. The zero-order valence-electron chi connectivity index (χ0n) is 12.1. The molecule has 0 unspecified atom stereocenters. The molecule has 2 saturated heterocycles. The molecule has 0 aromatic carbocycles. The van der Waals surface area contributed by atoms with E-state index in [1.807, 2.05) is 7.11 Å². The summed E-state index contributed by atoms with van der Waals surface area (Å²) in [5.41, 5.74) is 0.344. The van der Waals surface area contributed by atoms with E-state index in [4.69, 9.17) is 9.47 Å². The topological polar surface area (TPSA) is 33.7 Å². The Kier molecular flexibility index (Phi) is 5.01. The average molecular weight is 256 g/mol. The maximum absolute atomic E-state index is 5.81. The largest absolute Gasteiger partial charge is 0.384 e. The number of nitrogens with one attached hydrogen (secondary N) is 1. The Bertz CT molecular complexity index is 239. The second kappa shape index (κ2) is 6.33. The van der Waals surface area contributed by atoms with Gasteiger partial charge in [0, 0.05) is 32.2 Å². The van der Waals surface area contributed by atoms with Crippen LogP contribution in [0.3, 0.4) is 0 Å². The van der Waals surface area contributed by atoms with E-state index in [2.05, 4.69) is 24.1 Å². The molecule has 4 heteroatoms. The van der Waals surface area contributed by atoms with Gasteiger partial charge in [0.1, 0.15) is 0 Å². The number of hydrogen-bond acceptors (Lipinski definition) is 4. The summed E-state index contributed by atoms with van der Waals surface area (Å²) in [4.78, 5) is 2.57. The molecule has 106 valence electrons. The molecule has 0 spiro atoms. The van der Waals surface area contributed by atoms with Gasteiger partial charge >= 0.3 is 0 Å². The highest BCUT2D eigenvalue weighted by Gasteiger charge is 2.35. The van der Waals surface area contributed by atoms with Crippen molar-refractivity contribution in [3.8, 4) is 0 Å². The molecule has 2 heterocycles. The van der Waals surface area contributed by atoms with Crippen LogP contribution < -0.4 is 5.32 Å². The van der Waals surface area contributed by atoms with Gasteiger partial charge in [0.25, 0.3) is 0 Å². The van der Waals surface area contributed by atoms with E-state index in [-0.39, 0.29) is 0 Å². The Hall–Kier alpha value is -0.160. The fourth-order valence-electron chi connectivity index (χ4n) is 3.50. The molecule has 0 amide bonds. The number of hydrogen-bond donors (Lipinski definition) is 1. The van der Waals surface area contributed by atoms with Crippen LogP contribution in [-0.4, -0.2) is 63.5 Å². The summed E-state index contributed by atoms with van der Waals surface area (Å²) in [5.74, 6) is 0. The van der Waals surface area contributed by atoms with Gasteiger partial charge in [0.05, 0.1) is 18.8 Å². The van der Waals surface area contributed by atoms with E-state index in [1.54, 1.807) is 0 Å². The van der Waals surface area contributed by atoms with Crippen LogP contribution in [0.25, 0.3) is 0 Å². The number of ether oxygens (including phenoxy) is 2. The molecule has 0 aromatic heterocycles. The summed E-state index contributed by atoms with van der Waals surface area (Å²) in [7, 11) is 1.83. The lowest BCUT2D eigenvalue weighted by molar-refractivity contribution is -0.0864.